The Morgan fingerprint density at radius 2 is 2.10 bits per heavy atom. The lowest BCUT2D eigenvalue weighted by Crippen LogP contribution is -2.20. The number of nitrogen functional groups attached to an aromatic ring is 1. The SMILES string of the molecule is N#Cc1cc(NC(=O)COc2ccccc2N)ccc1F. The summed E-state index contributed by atoms with van der Waals surface area (Å²) in [6.07, 6.45) is 0. The second-order valence-electron chi connectivity index (χ2n) is 4.18. The van der Waals surface area contributed by atoms with Crippen LogP contribution >= 0.6 is 0 Å². The molecule has 0 saturated heterocycles. The van der Waals surface area contributed by atoms with Crippen LogP contribution in [0.5, 0.6) is 5.75 Å². The number of anilines is 2. The summed E-state index contributed by atoms with van der Waals surface area (Å²) in [5.74, 6) is -0.665. The highest BCUT2D eigenvalue weighted by Crippen LogP contribution is 2.19. The number of carbonyl (C=O) groups excluding carboxylic acids is 1. The van der Waals surface area contributed by atoms with Crippen molar-refractivity contribution in [1.29, 1.82) is 5.26 Å². The fourth-order valence-corrected chi connectivity index (χ4v) is 1.64. The molecule has 1 amide bonds. The molecule has 0 aliphatic rings. The van der Waals surface area contributed by atoms with E-state index in [0.29, 0.717) is 17.1 Å². The van der Waals surface area contributed by atoms with Crippen LogP contribution in [0, 0.1) is 17.1 Å². The van der Waals surface area contributed by atoms with E-state index in [-0.39, 0.29) is 12.2 Å². The van der Waals surface area contributed by atoms with Gasteiger partial charge in [-0.3, -0.25) is 4.79 Å². The highest BCUT2D eigenvalue weighted by Gasteiger charge is 2.08. The number of amides is 1. The van der Waals surface area contributed by atoms with Crippen LogP contribution in [0.25, 0.3) is 0 Å². The van der Waals surface area contributed by atoms with Crippen LogP contribution in [0.2, 0.25) is 0 Å². The van der Waals surface area contributed by atoms with Gasteiger partial charge < -0.3 is 15.8 Å². The van der Waals surface area contributed by atoms with Gasteiger partial charge in [-0.2, -0.15) is 5.26 Å². The van der Waals surface area contributed by atoms with Gasteiger partial charge in [-0.1, -0.05) is 12.1 Å². The van der Waals surface area contributed by atoms with Gasteiger partial charge in [0.1, 0.15) is 17.6 Å². The van der Waals surface area contributed by atoms with Crippen LogP contribution < -0.4 is 15.8 Å². The van der Waals surface area contributed by atoms with E-state index in [1.54, 1.807) is 30.3 Å². The third-order valence-electron chi connectivity index (χ3n) is 2.65. The Bertz CT molecular complexity index is 710. The predicted molar refractivity (Wildman–Crippen MR) is 76.1 cm³/mol. The molecule has 2 rings (SSSR count). The van der Waals surface area contributed by atoms with E-state index < -0.39 is 11.7 Å². The Labute approximate surface area is 120 Å². The molecule has 3 N–H and O–H groups in total. The summed E-state index contributed by atoms with van der Waals surface area (Å²) >= 11 is 0. The van der Waals surface area contributed by atoms with E-state index in [9.17, 15) is 9.18 Å². The molecule has 6 heteroatoms. The maximum atomic E-state index is 13.1. The second kappa shape index (κ2) is 6.39. The summed E-state index contributed by atoms with van der Waals surface area (Å²) in [4.78, 5) is 11.7. The average Bonchev–Trinajstić information content (AvgIpc) is 2.48. The van der Waals surface area contributed by atoms with Crippen molar-refractivity contribution < 1.29 is 13.9 Å². The molecule has 0 heterocycles. The van der Waals surface area contributed by atoms with E-state index in [0.717, 1.165) is 6.07 Å². The molecule has 0 atom stereocenters. The Balaban J connectivity index is 1.96. The van der Waals surface area contributed by atoms with Crippen molar-refractivity contribution in [3.8, 4) is 11.8 Å². The molecule has 0 aliphatic carbocycles. The lowest BCUT2D eigenvalue weighted by molar-refractivity contribution is -0.118. The lowest BCUT2D eigenvalue weighted by atomic mass is 10.2. The Morgan fingerprint density at radius 1 is 1.33 bits per heavy atom. The molecular formula is C15H12FN3O2. The zero-order valence-corrected chi connectivity index (χ0v) is 11.0. The van der Waals surface area contributed by atoms with E-state index >= 15 is 0 Å². The molecule has 0 fully saturated rings. The number of nitrogens with two attached hydrogens (primary N) is 1. The smallest absolute Gasteiger partial charge is 0.262 e. The Kier molecular flexibility index (Phi) is 4.36. The number of carbonyl (C=O) groups is 1. The number of hydrogen-bond donors (Lipinski definition) is 2. The number of halogens is 1. The van der Waals surface area contributed by atoms with Crippen LogP contribution in [0.3, 0.4) is 0 Å². The number of para-hydroxylation sites is 2. The number of ether oxygens (including phenoxy) is 1. The lowest BCUT2D eigenvalue weighted by Gasteiger charge is -2.09. The van der Waals surface area contributed by atoms with Gasteiger partial charge in [-0.25, -0.2) is 4.39 Å². The van der Waals surface area contributed by atoms with Crippen molar-refractivity contribution in [1.82, 2.24) is 0 Å². The summed E-state index contributed by atoms with van der Waals surface area (Å²) < 4.78 is 18.4. The molecular weight excluding hydrogens is 273 g/mol. The number of hydrogen-bond acceptors (Lipinski definition) is 4. The fourth-order valence-electron chi connectivity index (χ4n) is 1.64. The minimum atomic E-state index is -0.635. The third kappa shape index (κ3) is 3.70. The van der Waals surface area contributed by atoms with E-state index in [1.807, 2.05) is 0 Å². The molecule has 0 unspecified atom stereocenters. The first-order valence-electron chi connectivity index (χ1n) is 6.07. The van der Waals surface area contributed by atoms with Gasteiger partial charge in [0, 0.05) is 5.69 Å². The monoisotopic (exact) mass is 285 g/mol. The van der Waals surface area contributed by atoms with Crippen molar-refractivity contribution in [3.05, 3.63) is 53.8 Å². The molecule has 0 aliphatic heterocycles. The number of rotatable bonds is 4. The summed E-state index contributed by atoms with van der Waals surface area (Å²) in [5, 5.41) is 11.2. The number of nitrogens with one attached hydrogen (secondary N) is 1. The second-order valence-corrected chi connectivity index (χ2v) is 4.18. The largest absolute Gasteiger partial charge is 0.482 e. The van der Waals surface area contributed by atoms with Gasteiger partial charge >= 0.3 is 0 Å². The predicted octanol–water partition coefficient (Wildman–Crippen LogP) is 2.30. The van der Waals surface area contributed by atoms with Crippen LogP contribution in [-0.2, 0) is 4.79 Å². The topological polar surface area (TPSA) is 88.1 Å². The first-order chi connectivity index (χ1) is 10.1. The van der Waals surface area contributed by atoms with Gasteiger partial charge in [0.25, 0.3) is 5.91 Å². The maximum absolute atomic E-state index is 13.1. The molecule has 21 heavy (non-hydrogen) atoms. The van der Waals surface area contributed by atoms with Gasteiger partial charge in [0.2, 0.25) is 0 Å². The van der Waals surface area contributed by atoms with Crippen molar-refractivity contribution in [2.45, 2.75) is 0 Å². The first kappa shape index (κ1) is 14.3. The average molecular weight is 285 g/mol. The van der Waals surface area contributed by atoms with Gasteiger partial charge in [0.05, 0.1) is 11.3 Å². The van der Waals surface area contributed by atoms with Gasteiger partial charge in [-0.05, 0) is 30.3 Å². The van der Waals surface area contributed by atoms with Crippen LogP contribution in [0.4, 0.5) is 15.8 Å². The van der Waals surface area contributed by atoms with E-state index in [1.165, 1.54) is 12.1 Å². The highest BCUT2D eigenvalue weighted by molar-refractivity contribution is 5.92. The highest BCUT2D eigenvalue weighted by atomic mass is 19.1. The van der Waals surface area contributed by atoms with Crippen molar-refractivity contribution in [2.24, 2.45) is 0 Å². The molecule has 0 bridgehead atoms. The third-order valence-corrected chi connectivity index (χ3v) is 2.65. The molecule has 106 valence electrons. The summed E-state index contributed by atoms with van der Waals surface area (Å²) in [7, 11) is 0. The summed E-state index contributed by atoms with van der Waals surface area (Å²) in [6.45, 7) is -0.243. The van der Waals surface area contributed by atoms with Gasteiger partial charge in [-0.15, -0.1) is 0 Å². The van der Waals surface area contributed by atoms with Crippen molar-refractivity contribution in [2.75, 3.05) is 17.7 Å². The molecule has 2 aromatic carbocycles. The quantitative estimate of drug-likeness (QED) is 0.844. The number of nitriles is 1. The van der Waals surface area contributed by atoms with Crippen LogP contribution in [0.1, 0.15) is 5.56 Å². The molecule has 2 aromatic rings. The molecule has 5 nitrogen and oxygen atoms in total. The molecule has 0 aromatic heterocycles. The zero-order valence-electron chi connectivity index (χ0n) is 11.0. The Morgan fingerprint density at radius 3 is 2.81 bits per heavy atom. The van der Waals surface area contributed by atoms with Crippen LogP contribution in [0.15, 0.2) is 42.5 Å². The maximum Gasteiger partial charge on any atom is 0.262 e. The summed E-state index contributed by atoms with van der Waals surface area (Å²) in [6, 6.07) is 12.2. The van der Waals surface area contributed by atoms with E-state index in [4.69, 9.17) is 15.7 Å². The minimum Gasteiger partial charge on any atom is -0.482 e. The van der Waals surface area contributed by atoms with Crippen molar-refractivity contribution in [3.63, 3.8) is 0 Å². The fraction of sp³-hybridized carbons (Fsp3) is 0.0667. The van der Waals surface area contributed by atoms with Crippen LogP contribution in [-0.4, -0.2) is 12.5 Å². The van der Waals surface area contributed by atoms with Crippen molar-refractivity contribution >= 4 is 17.3 Å². The normalized spacial score (nSPS) is 9.71. The number of nitrogens with zero attached hydrogens (tertiary/aromatic N) is 1. The Hall–Kier alpha value is -3.07. The molecule has 0 saturated carbocycles. The van der Waals surface area contributed by atoms with E-state index in [2.05, 4.69) is 5.32 Å². The first-order valence-corrected chi connectivity index (χ1v) is 6.07. The van der Waals surface area contributed by atoms with Gasteiger partial charge in [0.15, 0.2) is 6.61 Å². The molecule has 0 spiro atoms. The minimum absolute atomic E-state index is 0.138. The summed E-state index contributed by atoms with van der Waals surface area (Å²) in [5.41, 5.74) is 6.29. The molecule has 0 radical (unpaired) electrons. The number of benzene rings is 2. The standard InChI is InChI=1S/C15H12FN3O2/c16-12-6-5-11(7-10(12)8-17)19-15(20)9-21-14-4-2-1-3-13(14)18/h1-7H,9,18H2,(H,19,20). The zero-order chi connectivity index (χ0) is 15.2.